The van der Waals surface area contributed by atoms with Crippen molar-refractivity contribution in [3.05, 3.63) is 57.3 Å². The van der Waals surface area contributed by atoms with E-state index in [4.69, 9.17) is 22.1 Å². The van der Waals surface area contributed by atoms with Crippen LogP contribution in [0.3, 0.4) is 0 Å². The molecule has 0 saturated carbocycles. The molecule has 5 heteroatoms. The normalized spacial score (nSPS) is 10.4. The Labute approximate surface area is 119 Å². The molecule has 1 heterocycles. The van der Waals surface area contributed by atoms with Gasteiger partial charge in [0.2, 0.25) is 0 Å². The fraction of sp³-hybridized carbons (Fsp3) is 0.154. The maximum absolute atomic E-state index is 6.10. The summed E-state index contributed by atoms with van der Waals surface area (Å²) in [5, 5.41) is 0.570. The average Bonchev–Trinajstić information content (AvgIpc) is 2.37. The summed E-state index contributed by atoms with van der Waals surface area (Å²) >= 11 is 9.46. The minimum absolute atomic E-state index is 0.425. The quantitative estimate of drug-likeness (QED) is 0.934. The Hall–Kier alpha value is -1.10. The predicted molar refractivity (Wildman–Crippen MR) is 75.6 cm³/mol. The number of nitrogens with two attached hydrogens (primary N) is 1. The second-order valence-electron chi connectivity index (χ2n) is 3.77. The van der Waals surface area contributed by atoms with Crippen molar-refractivity contribution in [2.24, 2.45) is 5.73 Å². The molecule has 2 rings (SSSR count). The molecule has 0 saturated heterocycles. The van der Waals surface area contributed by atoms with E-state index in [1.807, 2.05) is 24.3 Å². The second-order valence-corrected chi connectivity index (χ2v) is 5.09. The van der Waals surface area contributed by atoms with E-state index in [0.29, 0.717) is 23.9 Å². The van der Waals surface area contributed by atoms with Crippen LogP contribution in [0.1, 0.15) is 11.1 Å². The van der Waals surface area contributed by atoms with Crippen molar-refractivity contribution in [1.29, 1.82) is 0 Å². The summed E-state index contributed by atoms with van der Waals surface area (Å²) in [7, 11) is 0. The number of pyridine rings is 1. The number of nitrogens with zero attached hydrogens (tertiary/aromatic N) is 1. The van der Waals surface area contributed by atoms with Gasteiger partial charge in [0.1, 0.15) is 12.4 Å². The third-order valence-corrected chi connectivity index (χ3v) is 3.12. The molecule has 0 fully saturated rings. The van der Waals surface area contributed by atoms with Gasteiger partial charge in [0.15, 0.2) is 0 Å². The van der Waals surface area contributed by atoms with Gasteiger partial charge in [0, 0.05) is 29.0 Å². The van der Waals surface area contributed by atoms with E-state index < -0.39 is 0 Å². The highest BCUT2D eigenvalue weighted by molar-refractivity contribution is 9.10. The maximum Gasteiger partial charge on any atom is 0.138 e. The van der Waals surface area contributed by atoms with E-state index >= 15 is 0 Å². The number of halogens is 2. The van der Waals surface area contributed by atoms with Crippen molar-refractivity contribution in [2.45, 2.75) is 13.2 Å². The lowest BCUT2D eigenvalue weighted by Crippen LogP contribution is -1.99. The zero-order valence-corrected chi connectivity index (χ0v) is 11.9. The Morgan fingerprint density at radius 3 is 2.72 bits per heavy atom. The fourth-order valence-electron chi connectivity index (χ4n) is 1.48. The molecule has 0 aliphatic rings. The molecule has 0 amide bonds. The average molecular weight is 328 g/mol. The summed E-state index contributed by atoms with van der Waals surface area (Å²) in [5.41, 5.74) is 7.50. The standard InChI is InChI=1S/C13H12BrClN2O/c14-11-3-10(6-17-7-11)8-18-13-2-1-9(5-16)4-12(13)15/h1-4,6-7H,5,8,16H2. The Balaban J connectivity index is 2.06. The van der Waals surface area contributed by atoms with Gasteiger partial charge in [-0.1, -0.05) is 17.7 Å². The third kappa shape index (κ3) is 3.45. The topological polar surface area (TPSA) is 48.1 Å². The van der Waals surface area contributed by atoms with Crippen molar-refractivity contribution in [1.82, 2.24) is 4.98 Å². The molecule has 0 aliphatic carbocycles. The Morgan fingerprint density at radius 1 is 1.22 bits per heavy atom. The van der Waals surface area contributed by atoms with Gasteiger partial charge in [-0.3, -0.25) is 4.98 Å². The fourth-order valence-corrected chi connectivity index (χ4v) is 2.15. The lowest BCUT2D eigenvalue weighted by molar-refractivity contribution is 0.306. The van der Waals surface area contributed by atoms with Crippen molar-refractivity contribution in [3.8, 4) is 5.75 Å². The summed E-state index contributed by atoms with van der Waals surface area (Å²) < 4.78 is 6.57. The summed E-state index contributed by atoms with van der Waals surface area (Å²) in [6, 6.07) is 7.50. The SMILES string of the molecule is NCc1ccc(OCc2cncc(Br)c2)c(Cl)c1. The molecule has 1 aromatic carbocycles. The van der Waals surface area contributed by atoms with E-state index in [2.05, 4.69) is 20.9 Å². The Bertz CT molecular complexity index is 548. The molecule has 18 heavy (non-hydrogen) atoms. The van der Waals surface area contributed by atoms with Crippen LogP contribution in [0, 0.1) is 0 Å². The molecular formula is C13H12BrClN2O. The molecule has 0 aliphatic heterocycles. The van der Waals surface area contributed by atoms with Crippen LogP contribution in [-0.4, -0.2) is 4.98 Å². The van der Waals surface area contributed by atoms with Gasteiger partial charge in [-0.15, -0.1) is 0 Å². The van der Waals surface area contributed by atoms with Gasteiger partial charge >= 0.3 is 0 Å². The van der Waals surface area contributed by atoms with Gasteiger partial charge in [0.25, 0.3) is 0 Å². The molecule has 0 unspecified atom stereocenters. The van der Waals surface area contributed by atoms with Crippen LogP contribution in [-0.2, 0) is 13.2 Å². The molecular weight excluding hydrogens is 316 g/mol. The third-order valence-electron chi connectivity index (χ3n) is 2.39. The largest absolute Gasteiger partial charge is 0.487 e. The number of ether oxygens (including phenoxy) is 1. The highest BCUT2D eigenvalue weighted by Crippen LogP contribution is 2.26. The first-order chi connectivity index (χ1) is 8.69. The lowest BCUT2D eigenvalue weighted by Gasteiger charge is -2.09. The van der Waals surface area contributed by atoms with Gasteiger partial charge in [0.05, 0.1) is 5.02 Å². The lowest BCUT2D eigenvalue weighted by atomic mass is 10.2. The smallest absolute Gasteiger partial charge is 0.138 e. The molecule has 0 bridgehead atoms. The number of benzene rings is 1. The Kier molecular flexibility index (Phi) is 4.58. The molecule has 0 atom stereocenters. The summed E-state index contributed by atoms with van der Waals surface area (Å²) in [6.07, 6.45) is 3.49. The summed E-state index contributed by atoms with van der Waals surface area (Å²) in [5.74, 6) is 0.647. The molecule has 2 aromatic rings. The van der Waals surface area contributed by atoms with Crippen LogP contribution < -0.4 is 10.5 Å². The van der Waals surface area contributed by atoms with Gasteiger partial charge in [-0.2, -0.15) is 0 Å². The number of aromatic nitrogens is 1. The predicted octanol–water partition coefficient (Wildman–Crippen LogP) is 3.54. The van der Waals surface area contributed by atoms with Crippen LogP contribution in [0.4, 0.5) is 0 Å². The second kappa shape index (κ2) is 6.18. The highest BCUT2D eigenvalue weighted by atomic mass is 79.9. The maximum atomic E-state index is 6.10. The zero-order valence-electron chi connectivity index (χ0n) is 9.57. The van der Waals surface area contributed by atoms with E-state index in [1.54, 1.807) is 12.4 Å². The van der Waals surface area contributed by atoms with Crippen molar-refractivity contribution in [2.75, 3.05) is 0 Å². The minimum Gasteiger partial charge on any atom is -0.487 e. The first kappa shape index (κ1) is 13.3. The van der Waals surface area contributed by atoms with E-state index in [1.165, 1.54) is 0 Å². The Morgan fingerprint density at radius 2 is 2.06 bits per heavy atom. The summed E-state index contributed by atoms with van der Waals surface area (Å²) in [4.78, 5) is 4.07. The number of hydrogen-bond donors (Lipinski definition) is 1. The summed E-state index contributed by atoms with van der Waals surface area (Å²) in [6.45, 7) is 0.893. The first-order valence-corrected chi connectivity index (χ1v) is 6.57. The zero-order chi connectivity index (χ0) is 13.0. The molecule has 94 valence electrons. The van der Waals surface area contributed by atoms with Gasteiger partial charge in [-0.25, -0.2) is 0 Å². The number of rotatable bonds is 4. The van der Waals surface area contributed by atoms with Crippen LogP contribution in [0.2, 0.25) is 5.02 Å². The molecule has 3 nitrogen and oxygen atoms in total. The molecule has 0 spiro atoms. The van der Waals surface area contributed by atoms with Crippen LogP contribution in [0.25, 0.3) is 0 Å². The van der Waals surface area contributed by atoms with Crippen molar-refractivity contribution >= 4 is 27.5 Å². The minimum atomic E-state index is 0.425. The highest BCUT2D eigenvalue weighted by Gasteiger charge is 2.03. The van der Waals surface area contributed by atoms with Crippen molar-refractivity contribution in [3.63, 3.8) is 0 Å². The van der Waals surface area contributed by atoms with E-state index in [9.17, 15) is 0 Å². The molecule has 2 N–H and O–H groups in total. The van der Waals surface area contributed by atoms with E-state index in [0.717, 1.165) is 15.6 Å². The van der Waals surface area contributed by atoms with Crippen molar-refractivity contribution < 1.29 is 4.74 Å². The van der Waals surface area contributed by atoms with Gasteiger partial charge < -0.3 is 10.5 Å². The van der Waals surface area contributed by atoms with E-state index in [-0.39, 0.29) is 0 Å². The van der Waals surface area contributed by atoms with Crippen LogP contribution in [0.5, 0.6) is 5.75 Å². The van der Waals surface area contributed by atoms with Gasteiger partial charge in [-0.05, 0) is 39.7 Å². The van der Waals surface area contributed by atoms with Crippen LogP contribution in [0.15, 0.2) is 41.1 Å². The monoisotopic (exact) mass is 326 g/mol. The molecule has 1 aromatic heterocycles. The van der Waals surface area contributed by atoms with Crippen LogP contribution >= 0.6 is 27.5 Å². The first-order valence-electron chi connectivity index (χ1n) is 5.40. The number of hydrogen-bond acceptors (Lipinski definition) is 3. The molecule has 0 radical (unpaired) electrons.